The smallest absolute Gasteiger partial charge is 0.434 e. The predicted octanol–water partition coefficient (Wildman–Crippen LogP) is 4.77. The van der Waals surface area contributed by atoms with Crippen molar-refractivity contribution in [2.24, 2.45) is 5.14 Å². The highest BCUT2D eigenvalue weighted by Crippen LogP contribution is 2.31. The monoisotopic (exact) mass is 517 g/mol. The van der Waals surface area contributed by atoms with Gasteiger partial charge in [0.2, 0.25) is 15.9 Å². The molecule has 0 spiro atoms. The van der Waals surface area contributed by atoms with Crippen LogP contribution < -0.4 is 9.88 Å². The van der Waals surface area contributed by atoms with E-state index in [9.17, 15) is 13.2 Å². The fourth-order valence-corrected chi connectivity index (χ4v) is 4.80. The van der Waals surface area contributed by atoms with E-state index < -0.39 is 16.2 Å². The number of thioether (sulfide) groups is 1. The van der Waals surface area contributed by atoms with Crippen molar-refractivity contribution in [3.8, 4) is 5.88 Å². The highest BCUT2D eigenvalue weighted by atomic mass is 32.2. The second kappa shape index (κ2) is 12.2. The van der Waals surface area contributed by atoms with Gasteiger partial charge < -0.3 is 9.47 Å². The first-order valence-electron chi connectivity index (χ1n) is 11.4. The number of hydrogen-bond acceptors (Lipinski definition) is 7. The number of hydrogen-bond donors (Lipinski definition) is 1. The van der Waals surface area contributed by atoms with E-state index in [0.29, 0.717) is 23.9 Å². The Hall–Kier alpha value is -2.82. The van der Waals surface area contributed by atoms with Crippen molar-refractivity contribution < 1.29 is 22.7 Å². The minimum absolute atomic E-state index is 0.0930. The van der Waals surface area contributed by atoms with Gasteiger partial charge in [-0.2, -0.15) is 0 Å². The lowest BCUT2D eigenvalue weighted by Gasteiger charge is -2.13. The van der Waals surface area contributed by atoms with Crippen LogP contribution in [0.25, 0.3) is 0 Å². The molecule has 35 heavy (non-hydrogen) atoms. The molecular weight excluding hydrogens is 486 g/mol. The Balaban J connectivity index is 1.91. The van der Waals surface area contributed by atoms with Crippen molar-refractivity contribution in [3.63, 3.8) is 0 Å². The summed E-state index contributed by atoms with van der Waals surface area (Å²) < 4.78 is 35.9. The maximum Gasteiger partial charge on any atom is 0.515 e. The van der Waals surface area contributed by atoms with E-state index in [0.717, 1.165) is 41.8 Å². The zero-order valence-electron chi connectivity index (χ0n) is 20.2. The molecule has 0 amide bonds. The van der Waals surface area contributed by atoms with Crippen molar-refractivity contribution in [2.45, 2.75) is 56.0 Å². The van der Waals surface area contributed by atoms with Gasteiger partial charge in [-0.25, -0.2) is 23.3 Å². The first kappa shape index (κ1) is 26.8. The normalized spacial score (nSPS) is 11.4. The maximum atomic E-state index is 12.1. The largest absolute Gasteiger partial charge is 0.515 e. The summed E-state index contributed by atoms with van der Waals surface area (Å²) in [5.74, 6) is 1.23. The van der Waals surface area contributed by atoms with E-state index in [1.54, 1.807) is 19.1 Å². The number of nitrogens with two attached hydrogens (primary N) is 1. The van der Waals surface area contributed by atoms with E-state index >= 15 is 0 Å². The van der Waals surface area contributed by atoms with Crippen LogP contribution in [0.3, 0.4) is 0 Å². The summed E-state index contributed by atoms with van der Waals surface area (Å²) in [6, 6.07) is 14.6. The Labute approximate surface area is 210 Å². The number of imidazole rings is 1. The molecule has 0 unspecified atom stereocenters. The van der Waals surface area contributed by atoms with Gasteiger partial charge in [-0.3, -0.25) is 4.57 Å². The molecule has 10 heteroatoms. The van der Waals surface area contributed by atoms with Crippen molar-refractivity contribution in [3.05, 3.63) is 71.0 Å². The van der Waals surface area contributed by atoms with E-state index in [4.69, 9.17) is 19.6 Å². The molecule has 0 aliphatic carbocycles. The van der Waals surface area contributed by atoms with Crippen LogP contribution in [0.15, 0.2) is 58.5 Å². The Morgan fingerprint density at radius 2 is 1.77 bits per heavy atom. The average molecular weight is 518 g/mol. The van der Waals surface area contributed by atoms with E-state index in [1.807, 2.05) is 35.1 Å². The van der Waals surface area contributed by atoms with Gasteiger partial charge in [-0.1, -0.05) is 49.7 Å². The van der Waals surface area contributed by atoms with E-state index in [1.165, 1.54) is 17.8 Å². The number of sulfonamides is 1. The molecule has 0 atom stereocenters. The summed E-state index contributed by atoms with van der Waals surface area (Å²) in [5.41, 5.74) is 2.86. The molecule has 1 heterocycles. The van der Waals surface area contributed by atoms with Crippen LogP contribution in [0, 0.1) is 0 Å². The molecule has 2 N–H and O–H groups in total. The molecule has 0 bridgehead atoms. The van der Waals surface area contributed by atoms with Gasteiger partial charge in [0.25, 0.3) is 0 Å². The Kier molecular flexibility index (Phi) is 9.36. The minimum Gasteiger partial charge on any atom is -0.434 e. The highest BCUT2D eigenvalue weighted by Gasteiger charge is 2.21. The first-order valence-corrected chi connectivity index (χ1v) is 14.2. The van der Waals surface area contributed by atoms with Gasteiger partial charge in [0.15, 0.2) is 5.03 Å². The van der Waals surface area contributed by atoms with Crippen molar-refractivity contribution in [1.82, 2.24) is 9.55 Å². The number of ether oxygens (including phenoxy) is 2. The average Bonchev–Trinajstić information content (AvgIpc) is 3.13. The number of benzene rings is 2. The van der Waals surface area contributed by atoms with E-state index in [-0.39, 0.29) is 11.5 Å². The van der Waals surface area contributed by atoms with Crippen molar-refractivity contribution in [2.75, 3.05) is 12.9 Å². The molecule has 0 saturated heterocycles. The second-order valence-corrected chi connectivity index (χ2v) is 10.4. The summed E-state index contributed by atoms with van der Waals surface area (Å²) >= 11 is 1.42. The van der Waals surface area contributed by atoms with Gasteiger partial charge in [0.05, 0.1) is 18.0 Å². The summed E-state index contributed by atoms with van der Waals surface area (Å²) in [6.07, 6.45) is 4.43. The molecule has 3 rings (SSSR count). The lowest BCUT2D eigenvalue weighted by Crippen LogP contribution is -2.15. The van der Waals surface area contributed by atoms with Gasteiger partial charge >= 0.3 is 6.16 Å². The number of carbonyl (C=O) groups excluding carboxylic acids is 1. The highest BCUT2D eigenvalue weighted by molar-refractivity contribution is 7.98. The van der Waals surface area contributed by atoms with Gasteiger partial charge in [0, 0.05) is 6.42 Å². The van der Waals surface area contributed by atoms with Crippen LogP contribution in [-0.4, -0.2) is 37.0 Å². The van der Waals surface area contributed by atoms with E-state index in [2.05, 4.69) is 13.0 Å². The topological polar surface area (TPSA) is 114 Å². The lowest BCUT2D eigenvalue weighted by atomic mass is 10.0. The number of aromatic nitrogens is 2. The van der Waals surface area contributed by atoms with Crippen LogP contribution in [0.4, 0.5) is 4.79 Å². The minimum atomic E-state index is -3.76. The molecular formula is C25H31N3O5S2. The summed E-state index contributed by atoms with van der Waals surface area (Å²) in [5, 5.41) is 5.91. The molecule has 0 aliphatic rings. The Morgan fingerprint density at radius 3 is 2.43 bits per heavy atom. The van der Waals surface area contributed by atoms with Gasteiger partial charge in [-0.05, 0) is 54.8 Å². The third-order valence-electron chi connectivity index (χ3n) is 5.33. The first-order chi connectivity index (χ1) is 16.7. The number of rotatable bonds is 11. The fourth-order valence-electron chi connectivity index (χ4n) is 3.69. The molecule has 8 nitrogen and oxygen atoms in total. The van der Waals surface area contributed by atoms with Crippen molar-refractivity contribution >= 4 is 27.9 Å². The zero-order valence-corrected chi connectivity index (χ0v) is 21.8. The Bertz CT molecular complexity index is 1270. The quantitative estimate of drug-likeness (QED) is 0.288. The number of unbranched alkanes of at least 4 members (excludes halogenated alkanes) is 1. The number of carbonyl (C=O) groups is 1. The molecule has 0 aliphatic heterocycles. The molecule has 0 radical (unpaired) electrons. The molecule has 2 aromatic carbocycles. The Morgan fingerprint density at radius 1 is 1.09 bits per heavy atom. The number of primary sulfonamides is 1. The molecule has 3 aromatic rings. The SMILES string of the molecule is CCCCc1nc(SC)c(OC(=O)OCC)n1Cc1cccc(Cc2cccc(S(N)(=O)=O)c2)c1. The molecule has 0 saturated carbocycles. The molecule has 1 aromatic heterocycles. The van der Waals surface area contributed by atoms with Crippen LogP contribution in [-0.2, 0) is 34.1 Å². The predicted molar refractivity (Wildman–Crippen MR) is 136 cm³/mol. The maximum absolute atomic E-state index is 12.1. The number of nitrogens with zero attached hydrogens (tertiary/aromatic N) is 2. The van der Waals surface area contributed by atoms with Crippen LogP contribution in [0.1, 0.15) is 49.2 Å². The third kappa shape index (κ3) is 7.33. The standard InChI is InChI=1S/C25H31N3O5S2/c1-4-6-13-22-27-23(34-3)24(33-25(29)32-5-2)28(22)17-20-11-7-9-18(15-20)14-19-10-8-12-21(16-19)35(26,30)31/h7-12,15-16H,4-6,13-14,17H2,1-3H3,(H2,26,30,31). The lowest BCUT2D eigenvalue weighted by molar-refractivity contribution is 0.0998. The third-order valence-corrected chi connectivity index (χ3v) is 6.89. The van der Waals surface area contributed by atoms with Crippen LogP contribution in [0.5, 0.6) is 5.88 Å². The molecule has 0 fully saturated rings. The summed E-state index contributed by atoms with van der Waals surface area (Å²) in [4.78, 5) is 16.9. The molecule has 188 valence electrons. The van der Waals surface area contributed by atoms with Crippen LogP contribution in [0.2, 0.25) is 0 Å². The van der Waals surface area contributed by atoms with Crippen molar-refractivity contribution in [1.29, 1.82) is 0 Å². The van der Waals surface area contributed by atoms with Gasteiger partial charge in [0.1, 0.15) is 5.82 Å². The summed E-state index contributed by atoms with van der Waals surface area (Å²) in [7, 11) is -3.76. The second-order valence-electron chi connectivity index (χ2n) is 8.01. The zero-order chi connectivity index (χ0) is 25.4. The number of aryl methyl sites for hydroxylation is 1. The summed E-state index contributed by atoms with van der Waals surface area (Å²) in [6.45, 7) is 4.53. The van der Waals surface area contributed by atoms with Crippen LogP contribution >= 0.6 is 11.8 Å². The fraction of sp³-hybridized carbons (Fsp3) is 0.360. The van der Waals surface area contributed by atoms with Gasteiger partial charge in [-0.15, -0.1) is 11.8 Å².